The van der Waals surface area contributed by atoms with Gasteiger partial charge in [0.2, 0.25) is 5.91 Å². The number of carbonyl (C=O) groups excluding carboxylic acids is 1. The zero-order valence-corrected chi connectivity index (χ0v) is 18.0. The molecule has 2 atom stereocenters. The Labute approximate surface area is 173 Å². The number of anilines is 1. The Hall–Kier alpha value is -1.35. The highest BCUT2D eigenvalue weighted by molar-refractivity contribution is 14.0. The predicted molar refractivity (Wildman–Crippen MR) is 117 cm³/mol. The van der Waals surface area contributed by atoms with E-state index in [1.807, 2.05) is 35.2 Å². The first-order valence-corrected chi connectivity index (χ1v) is 9.28. The zero-order chi connectivity index (χ0) is 17.6. The van der Waals surface area contributed by atoms with Gasteiger partial charge in [-0.2, -0.15) is 0 Å². The third-order valence-corrected chi connectivity index (χ3v) is 5.17. The van der Waals surface area contributed by atoms with Crippen LogP contribution in [0.3, 0.4) is 0 Å². The van der Waals surface area contributed by atoms with Crippen molar-refractivity contribution in [3.05, 3.63) is 30.3 Å². The largest absolute Gasteiger partial charge is 0.355 e. The lowest BCUT2D eigenvalue weighted by molar-refractivity contribution is -0.117. The number of amides is 1. The van der Waals surface area contributed by atoms with E-state index in [-0.39, 0.29) is 35.9 Å². The van der Waals surface area contributed by atoms with E-state index in [4.69, 9.17) is 0 Å². The molecule has 0 spiro atoms. The molecule has 2 fully saturated rings. The van der Waals surface area contributed by atoms with Crippen LogP contribution in [0.15, 0.2) is 35.3 Å². The average molecular weight is 471 g/mol. The summed E-state index contributed by atoms with van der Waals surface area (Å²) in [5.41, 5.74) is 0.962. The molecule has 0 aliphatic carbocycles. The maximum atomic E-state index is 12.3. The van der Waals surface area contributed by atoms with Crippen molar-refractivity contribution in [2.75, 3.05) is 38.1 Å². The lowest BCUT2D eigenvalue weighted by Crippen LogP contribution is -2.48. The maximum absolute atomic E-state index is 12.3. The zero-order valence-electron chi connectivity index (χ0n) is 15.6. The maximum Gasteiger partial charge on any atom is 0.229 e. The van der Waals surface area contributed by atoms with E-state index in [0.29, 0.717) is 19.0 Å². The molecular weight excluding hydrogens is 441 g/mol. The predicted octanol–water partition coefficient (Wildman–Crippen LogP) is 2.06. The number of carbonyl (C=O) groups is 1. The van der Waals surface area contributed by atoms with Gasteiger partial charge in [0, 0.05) is 38.3 Å². The molecule has 1 amide bonds. The second-order valence-electron chi connectivity index (χ2n) is 6.76. The van der Waals surface area contributed by atoms with E-state index in [1.54, 1.807) is 7.05 Å². The Morgan fingerprint density at radius 2 is 2.08 bits per heavy atom. The van der Waals surface area contributed by atoms with Gasteiger partial charge in [0.25, 0.3) is 0 Å². The number of hydrogen-bond acceptors (Lipinski definition) is 3. The fourth-order valence-electron chi connectivity index (χ4n) is 3.81. The molecule has 1 aromatic rings. The van der Waals surface area contributed by atoms with Crippen LogP contribution in [0, 0.1) is 0 Å². The molecule has 0 saturated carbocycles. The molecule has 2 unspecified atom stereocenters. The van der Waals surface area contributed by atoms with E-state index >= 15 is 0 Å². The van der Waals surface area contributed by atoms with Gasteiger partial charge in [-0.25, -0.2) is 0 Å². The van der Waals surface area contributed by atoms with Crippen LogP contribution in [0.2, 0.25) is 0 Å². The Bertz CT molecular complexity index is 609. The summed E-state index contributed by atoms with van der Waals surface area (Å²) in [4.78, 5) is 21.0. The smallest absolute Gasteiger partial charge is 0.229 e. The van der Waals surface area contributed by atoms with E-state index < -0.39 is 0 Å². The molecule has 0 aromatic heterocycles. The van der Waals surface area contributed by atoms with Gasteiger partial charge in [-0.3, -0.25) is 14.7 Å². The quantitative estimate of drug-likeness (QED) is 0.392. The molecule has 2 aliphatic rings. The van der Waals surface area contributed by atoms with Crippen LogP contribution in [-0.4, -0.2) is 62.1 Å². The fourth-order valence-corrected chi connectivity index (χ4v) is 3.81. The minimum absolute atomic E-state index is 0. The summed E-state index contributed by atoms with van der Waals surface area (Å²) in [7, 11) is 1.79. The number of nitrogens with one attached hydrogen (secondary N) is 2. The lowest BCUT2D eigenvalue weighted by Gasteiger charge is -2.25. The van der Waals surface area contributed by atoms with Gasteiger partial charge in [-0.1, -0.05) is 25.1 Å². The van der Waals surface area contributed by atoms with E-state index in [9.17, 15) is 4.79 Å². The van der Waals surface area contributed by atoms with Crippen LogP contribution in [0.1, 0.15) is 26.2 Å². The highest BCUT2D eigenvalue weighted by atomic mass is 127. The van der Waals surface area contributed by atoms with E-state index in [0.717, 1.165) is 24.7 Å². The van der Waals surface area contributed by atoms with Gasteiger partial charge in [0.1, 0.15) is 0 Å². The van der Waals surface area contributed by atoms with Crippen molar-refractivity contribution < 1.29 is 4.79 Å². The molecule has 1 aromatic carbocycles. The minimum atomic E-state index is 0. The number of hydrogen-bond donors (Lipinski definition) is 2. The molecule has 2 heterocycles. The summed E-state index contributed by atoms with van der Waals surface area (Å²) in [5.74, 6) is 0.947. The van der Waals surface area contributed by atoms with Gasteiger partial charge >= 0.3 is 0 Å². The standard InChI is InChI=1S/C19H29N5O.HI/c1-3-23-11-7-10-17(23)13-21-19(20-2)22-15-12-18(25)24(14-15)16-8-5-4-6-9-16;/h4-6,8-9,15,17H,3,7,10-14H2,1-2H3,(H2,20,21,22);1H. The number of halogens is 1. The van der Waals surface area contributed by atoms with Crippen molar-refractivity contribution in [3.63, 3.8) is 0 Å². The Balaban J connectivity index is 0.00000243. The lowest BCUT2D eigenvalue weighted by atomic mass is 10.2. The van der Waals surface area contributed by atoms with Crippen molar-refractivity contribution in [1.82, 2.24) is 15.5 Å². The van der Waals surface area contributed by atoms with Crippen molar-refractivity contribution in [2.45, 2.75) is 38.3 Å². The summed E-state index contributed by atoms with van der Waals surface area (Å²) in [5, 5.41) is 6.85. The molecule has 3 rings (SSSR count). The highest BCUT2D eigenvalue weighted by Crippen LogP contribution is 2.21. The van der Waals surface area contributed by atoms with Crippen molar-refractivity contribution in [1.29, 1.82) is 0 Å². The first kappa shape index (κ1) is 21.0. The topological polar surface area (TPSA) is 60.0 Å². The van der Waals surface area contributed by atoms with Crippen LogP contribution in [0.5, 0.6) is 0 Å². The van der Waals surface area contributed by atoms with Crippen LogP contribution in [-0.2, 0) is 4.79 Å². The fraction of sp³-hybridized carbons (Fsp3) is 0.579. The Morgan fingerprint density at radius 3 is 2.77 bits per heavy atom. The van der Waals surface area contributed by atoms with Crippen molar-refractivity contribution in [2.24, 2.45) is 4.99 Å². The monoisotopic (exact) mass is 471 g/mol. The first-order valence-electron chi connectivity index (χ1n) is 9.28. The van der Waals surface area contributed by atoms with Crippen molar-refractivity contribution in [3.8, 4) is 0 Å². The van der Waals surface area contributed by atoms with Gasteiger partial charge < -0.3 is 15.5 Å². The number of para-hydroxylation sites is 1. The molecule has 7 heteroatoms. The van der Waals surface area contributed by atoms with Gasteiger partial charge in [-0.15, -0.1) is 24.0 Å². The summed E-state index contributed by atoms with van der Waals surface area (Å²) < 4.78 is 0. The Morgan fingerprint density at radius 1 is 1.31 bits per heavy atom. The second-order valence-corrected chi connectivity index (χ2v) is 6.76. The summed E-state index contributed by atoms with van der Waals surface area (Å²) in [6.07, 6.45) is 3.01. The number of likely N-dealkylation sites (tertiary alicyclic amines) is 1. The van der Waals surface area contributed by atoms with E-state index in [1.165, 1.54) is 19.4 Å². The number of rotatable bonds is 5. The molecule has 144 valence electrons. The van der Waals surface area contributed by atoms with Crippen LogP contribution < -0.4 is 15.5 Å². The summed E-state index contributed by atoms with van der Waals surface area (Å²) in [6, 6.07) is 10.5. The second kappa shape index (κ2) is 10.1. The van der Waals surface area contributed by atoms with Crippen LogP contribution in [0.25, 0.3) is 0 Å². The average Bonchev–Trinajstić information content (AvgIpc) is 3.25. The van der Waals surface area contributed by atoms with Crippen LogP contribution in [0.4, 0.5) is 5.69 Å². The Kier molecular flexibility index (Phi) is 8.15. The molecule has 0 radical (unpaired) electrons. The summed E-state index contributed by atoms with van der Waals surface area (Å²) in [6.45, 7) is 6.08. The first-order chi connectivity index (χ1) is 12.2. The molecule has 2 saturated heterocycles. The number of likely N-dealkylation sites (N-methyl/N-ethyl adjacent to an activating group) is 1. The molecular formula is C19H30IN5O. The van der Waals surface area contributed by atoms with Gasteiger partial charge in [-0.05, 0) is 38.1 Å². The molecule has 26 heavy (non-hydrogen) atoms. The van der Waals surface area contributed by atoms with Crippen molar-refractivity contribution >= 4 is 41.5 Å². The number of benzene rings is 1. The van der Waals surface area contributed by atoms with Gasteiger partial charge in [0.05, 0.1) is 6.04 Å². The molecule has 2 aliphatic heterocycles. The van der Waals surface area contributed by atoms with E-state index in [2.05, 4.69) is 27.4 Å². The third kappa shape index (κ3) is 5.09. The third-order valence-electron chi connectivity index (χ3n) is 5.17. The number of guanidine groups is 1. The normalized spacial score (nSPS) is 23.8. The number of aliphatic imine (C=N–C) groups is 1. The van der Waals surface area contributed by atoms with Gasteiger partial charge in [0.15, 0.2) is 5.96 Å². The molecule has 6 nitrogen and oxygen atoms in total. The number of nitrogens with zero attached hydrogens (tertiary/aromatic N) is 3. The highest BCUT2D eigenvalue weighted by Gasteiger charge is 2.31. The molecule has 2 N–H and O–H groups in total. The minimum Gasteiger partial charge on any atom is -0.355 e. The van der Waals surface area contributed by atoms with Crippen LogP contribution >= 0.6 is 24.0 Å². The SMILES string of the molecule is CCN1CCCC1CNC(=NC)NC1CC(=O)N(c2ccccc2)C1.I. The summed E-state index contributed by atoms with van der Waals surface area (Å²) >= 11 is 0. The molecule has 0 bridgehead atoms.